The molecule has 1 aliphatic rings. The van der Waals surface area contributed by atoms with Crippen LogP contribution in [0.3, 0.4) is 0 Å². The number of likely N-dealkylation sites (N-methyl/N-ethyl adjacent to an activating group) is 1. The average molecular weight is 414 g/mol. The van der Waals surface area contributed by atoms with Gasteiger partial charge in [0.25, 0.3) is 0 Å². The van der Waals surface area contributed by atoms with Gasteiger partial charge >= 0.3 is 0 Å². The number of fused-ring (bicyclic) bond motifs is 1. The van der Waals surface area contributed by atoms with Crippen LogP contribution in [0.15, 0.2) is 72.8 Å². The third-order valence-corrected chi connectivity index (χ3v) is 6.12. The molecule has 3 heteroatoms. The summed E-state index contributed by atoms with van der Waals surface area (Å²) in [5, 5.41) is 0. The Bertz CT molecular complexity index is 1020. The minimum absolute atomic E-state index is 0.202. The van der Waals surface area contributed by atoms with E-state index in [1.54, 1.807) is 7.11 Å². The van der Waals surface area contributed by atoms with Crippen LogP contribution in [0.1, 0.15) is 42.0 Å². The zero-order valence-electron chi connectivity index (χ0n) is 18.7. The molecule has 3 aromatic carbocycles. The van der Waals surface area contributed by atoms with Gasteiger partial charge in [0.2, 0.25) is 0 Å². The number of allylic oxidation sites excluding steroid dienone is 1. The molecule has 0 N–H and O–H groups in total. The van der Waals surface area contributed by atoms with Crippen molar-refractivity contribution in [2.75, 3.05) is 33.4 Å². The highest BCUT2D eigenvalue weighted by atomic mass is 16.5. The van der Waals surface area contributed by atoms with E-state index in [-0.39, 0.29) is 5.92 Å². The summed E-state index contributed by atoms with van der Waals surface area (Å²) >= 11 is 0. The van der Waals surface area contributed by atoms with E-state index >= 15 is 0 Å². The van der Waals surface area contributed by atoms with Crippen LogP contribution >= 0.6 is 0 Å². The van der Waals surface area contributed by atoms with Gasteiger partial charge in [-0.1, -0.05) is 62.4 Å². The van der Waals surface area contributed by atoms with E-state index < -0.39 is 0 Å². The summed E-state index contributed by atoms with van der Waals surface area (Å²) in [4.78, 5) is 2.37. The van der Waals surface area contributed by atoms with Gasteiger partial charge in [-0.15, -0.1) is 0 Å². The van der Waals surface area contributed by atoms with Crippen molar-refractivity contribution < 1.29 is 9.47 Å². The molecule has 0 bridgehead atoms. The molecular formula is C28H31NO2. The fraction of sp³-hybridized carbons (Fsp3) is 0.286. The summed E-state index contributed by atoms with van der Waals surface area (Å²) in [6, 6.07) is 25.6. The van der Waals surface area contributed by atoms with E-state index in [0.717, 1.165) is 31.1 Å². The second kappa shape index (κ2) is 9.84. The summed E-state index contributed by atoms with van der Waals surface area (Å²) in [5.74, 6) is 2.02. The number of rotatable bonds is 9. The first-order valence-corrected chi connectivity index (χ1v) is 11.1. The van der Waals surface area contributed by atoms with E-state index in [4.69, 9.17) is 9.47 Å². The number of hydrogen-bond donors (Lipinski definition) is 0. The van der Waals surface area contributed by atoms with Gasteiger partial charge in [-0.05, 0) is 71.3 Å². The quantitative estimate of drug-likeness (QED) is 0.423. The summed E-state index contributed by atoms with van der Waals surface area (Å²) in [7, 11) is 1.72. The van der Waals surface area contributed by atoms with Gasteiger partial charge in [-0.2, -0.15) is 0 Å². The molecule has 4 rings (SSSR count). The Morgan fingerprint density at radius 2 is 1.55 bits per heavy atom. The summed E-state index contributed by atoms with van der Waals surface area (Å²) < 4.78 is 11.5. The zero-order valence-corrected chi connectivity index (χ0v) is 18.7. The van der Waals surface area contributed by atoms with Crippen LogP contribution in [0.2, 0.25) is 0 Å². The molecule has 0 spiro atoms. The molecule has 1 aliphatic carbocycles. The van der Waals surface area contributed by atoms with Crippen LogP contribution < -0.4 is 9.47 Å². The third-order valence-electron chi connectivity index (χ3n) is 6.12. The van der Waals surface area contributed by atoms with Crippen molar-refractivity contribution in [2.45, 2.75) is 19.8 Å². The number of methoxy groups -OCH3 is 1. The summed E-state index contributed by atoms with van der Waals surface area (Å²) in [6.45, 7) is 8.14. The Kier molecular flexibility index (Phi) is 6.73. The largest absolute Gasteiger partial charge is 0.497 e. The minimum atomic E-state index is 0.202. The van der Waals surface area contributed by atoms with Crippen molar-refractivity contribution in [1.29, 1.82) is 0 Å². The van der Waals surface area contributed by atoms with Crippen molar-refractivity contribution in [1.82, 2.24) is 4.90 Å². The first kappa shape index (κ1) is 21.2. The molecule has 3 nitrogen and oxygen atoms in total. The molecular weight excluding hydrogens is 382 g/mol. The predicted molar refractivity (Wildman–Crippen MR) is 129 cm³/mol. The molecule has 1 unspecified atom stereocenters. The third kappa shape index (κ3) is 4.67. The monoisotopic (exact) mass is 413 g/mol. The molecule has 0 fully saturated rings. The number of hydrogen-bond acceptors (Lipinski definition) is 3. The van der Waals surface area contributed by atoms with Gasteiger partial charge in [0.1, 0.15) is 18.1 Å². The molecule has 1 atom stereocenters. The van der Waals surface area contributed by atoms with E-state index in [1.807, 2.05) is 0 Å². The molecule has 0 amide bonds. The summed E-state index contributed by atoms with van der Waals surface area (Å²) in [6.07, 6.45) is 2.30. The maximum Gasteiger partial charge on any atom is 0.119 e. The van der Waals surface area contributed by atoms with E-state index in [2.05, 4.69) is 97.6 Å². The second-order valence-electron chi connectivity index (χ2n) is 7.84. The lowest BCUT2D eigenvalue weighted by atomic mass is 9.85. The Balaban J connectivity index is 1.59. The Hall–Kier alpha value is -3.04. The van der Waals surface area contributed by atoms with Gasteiger partial charge in [0, 0.05) is 12.5 Å². The molecule has 0 heterocycles. The van der Waals surface area contributed by atoms with Crippen molar-refractivity contribution in [3.8, 4) is 11.5 Å². The first-order valence-electron chi connectivity index (χ1n) is 11.1. The maximum atomic E-state index is 6.00. The Morgan fingerprint density at radius 3 is 2.23 bits per heavy atom. The van der Waals surface area contributed by atoms with Crippen LogP contribution in [-0.4, -0.2) is 38.3 Å². The van der Waals surface area contributed by atoms with Crippen LogP contribution in [0.5, 0.6) is 11.5 Å². The standard InChI is InChI=1S/C28H31NO2/c1-4-29(5-2)17-18-31-24-13-11-22(12-14-24)28-26-16-15-25(30-3)19-23(26)20-27(28)21-9-7-6-8-10-21/h6-16,19-20,28H,4-5,17-18H2,1-3H3. The van der Waals surface area contributed by atoms with Crippen LogP contribution in [0.4, 0.5) is 0 Å². The Morgan fingerprint density at radius 1 is 0.839 bits per heavy atom. The molecule has 0 saturated carbocycles. The van der Waals surface area contributed by atoms with Gasteiger partial charge in [0.15, 0.2) is 0 Å². The van der Waals surface area contributed by atoms with Crippen LogP contribution in [0.25, 0.3) is 11.6 Å². The number of nitrogens with zero attached hydrogens (tertiary/aromatic N) is 1. The lowest BCUT2D eigenvalue weighted by Gasteiger charge is -2.20. The maximum absolute atomic E-state index is 6.00. The van der Waals surface area contributed by atoms with Gasteiger partial charge in [-0.25, -0.2) is 0 Å². The van der Waals surface area contributed by atoms with Gasteiger partial charge < -0.3 is 14.4 Å². The van der Waals surface area contributed by atoms with Crippen molar-refractivity contribution >= 4 is 11.6 Å². The van der Waals surface area contributed by atoms with Gasteiger partial charge in [0.05, 0.1) is 7.11 Å². The molecule has 0 aromatic heterocycles. The first-order chi connectivity index (χ1) is 15.2. The lowest BCUT2D eigenvalue weighted by molar-refractivity contribution is 0.223. The Labute approximate surface area is 185 Å². The molecule has 0 saturated heterocycles. The number of benzene rings is 3. The average Bonchev–Trinajstić information content (AvgIpc) is 3.21. The van der Waals surface area contributed by atoms with Crippen molar-refractivity contribution in [3.05, 3.63) is 95.1 Å². The fourth-order valence-electron chi connectivity index (χ4n) is 4.31. The van der Waals surface area contributed by atoms with E-state index in [9.17, 15) is 0 Å². The second-order valence-corrected chi connectivity index (χ2v) is 7.84. The highest BCUT2D eigenvalue weighted by molar-refractivity contribution is 5.93. The number of ether oxygens (including phenoxy) is 2. The fourth-order valence-corrected chi connectivity index (χ4v) is 4.31. The van der Waals surface area contributed by atoms with Crippen LogP contribution in [-0.2, 0) is 0 Å². The highest BCUT2D eigenvalue weighted by Crippen LogP contribution is 2.46. The molecule has 160 valence electrons. The summed E-state index contributed by atoms with van der Waals surface area (Å²) in [5.41, 5.74) is 6.38. The SMILES string of the molecule is CCN(CC)CCOc1ccc(C2C(c3ccccc3)=Cc3cc(OC)ccc32)cc1. The molecule has 0 radical (unpaired) electrons. The minimum Gasteiger partial charge on any atom is -0.497 e. The lowest BCUT2D eigenvalue weighted by Crippen LogP contribution is -2.27. The zero-order chi connectivity index (χ0) is 21.6. The van der Waals surface area contributed by atoms with E-state index in [0.29, 0.717) is 6.61 Å². The van der Waals surface area contributed by atoms with Crippen molar-refractivity contribution in [3.63, 3.8) is 0 Å². The van der Waals surface area contributed by atoms with E-state index in [1.165, 1.54) is 27.8 Å². The molecule has 0 aliphatic heterocycles. The predicted octanol–water partition coefficient (Wildman–Crippen LogP) is 6.10. The van der Waals surface area contributed by atoms with Crippen LogP contribution in [0, 0.1) is 0 Å². The molecule has 3 aromatic rings. The topological polar surface area (TPSA) is 21.7 Å². The van der Waals surface area contributed by atoms with Gasteiger partial charge in [-0.3, -0.25) is 0 Å². The molecule has 31 heavy (non-hydrogen) atoms. The smallest absolute Gasteiger partial charge is 0.119 e. The highest BCUT2D eigenvalue weighted by Gasteiger charge is 2.28. The normalized spacial score (nSPS) is 15.0. The van der Waals surface area contributed by atoms with Crippen molar-refractivity contribution in [2.24, 2.45) is 0 Å².